The molecule has 0 bridgehead atoms. The van der Waals surface area contributed by atoms with Crippen molar-refractivity contribution in [3.8, 4) is 16.9 Å². The smallest absolute Gasteiger partial charge is 0.496 e. The predicted octanol–water partition coefficient (Wildman–Crippen LogP) is 5.92. The fourth-order valence-electron chi connectivity index (χ4n) is 3.45. The maximum atomic E-state index is 13.9. The Balaban J connectivity index is 2.04. The molecular formula is C25H24F4N2O4S. The summed E-state index contributed by atoms with van der Waals surface area (Å²) >= 11 is 0. The van der Waals surface area contributed by atoms with Crippen molar-refractivity contribution in [3.63, 3.8) is 0 Å². The minimum atomic E-state index is -5.52. The number of anilines is 1. The van der Waals surface area contributed by atoms with Gasteiger partial charge in [0.2, 0.25) is 0 Å². The SMILES string of the molecule is COc1c(/C=C/c2ccc(NS(=O)(=O)C(F)(F)F)cc2)cc(-c2cc(F)c[nH]c2=O)cc1C(C)(C)C. The first-order chi connectivity index (χ1) is 16.6. The van der Waals surface area contributed by atoms with E-state index in [4.69, 9.17) is 4.74 Å². The third-order valence-corrected chi connectivity index (χ3v) is 6.35. The van der Waals surface area contributed by atoms with Gasteiger partial charge < -0.3 is 9.72 Å². The van der Waals surface area contributed by atoms with Crippen LogP contribution in [0.15, 0.2) is 53.5 Å². The average molecular weight is 525 g/mol. The molecule has 0 saturated heterocycles. The highest BCUT2D eigenvalue weighted by Crippen LogP contribution is 2.38. The lowest BCUT2D eigenvalue weighted by atomic mass is 9.83. The number of nitrogens with one attached hydrogen (secondary N) is 2. The number of pyridine rings is 1. The average Bonchev–Trinajstić information content (AvgIpc) is 2.78. The number of rotatable bonds is 6. The Kier molecular flexibility index (Phi) is 7.35. The number of hydrogen-bond acceptors (Lipinski definition) is 4. The Hall–Kier alpha value is -3.60. The minimum absolute atomic E-state index is 0.138. The normalized spacial score (nSPS) is 12.7. The summed E-state index contributed by atoms with van der Waals surface area (Å²) in [6, 6.07) is 9.84. The van der Waals surface area contributed by atoms with Crippen LogP contribution in [0.25, 0.3) is 23.3 Å². The van der Waals surface area contributed by atoms with Gasteiger partial charge in [0.25, 0.3) is 5.56 Å². The van der Waals surface area contributed by atoms with E-state index < -0.39 is 32.3 Å². The lowest BCUT2D eigenvalue weighted by Crippen LogP contribution is -2.29. The molecule has 0 aliphatic rings. The molecule has 0 spiro atoms. The molecule has 0 amide bonds. The molecule has 192 valence electrons. The molecule has 1 aromatic heterocycles. The van der Waals surface area contributed by atoms with Crippen LogP contribution >= 0.6 is 0 Å². The van der Waals surface area contributed by atoms with E-state index in [0.29, 0.717) is 22.4 Å². The molecule has 1 heterocycles. The number of sulfonamides is 1. The number of aromatic nitrogens is 1. The maximum Gasteiger partial charge on any atom is 0.516 e. The van der Waals surface area contributed by atoms with Gasteiger partial charge in [0.1, 0.15) is 11.6 Å². The van der Waals surface area contributed by atoms with Crippen LogP contribution in [0.2, 0.25) is 0 Å². The summed E-state index contributed by atoms with van der Waals surface area (Å²) in [5.74, 6) is -0.0686. The summed E-state index contributed by atoms with van der Waals surface area (Å²) in [5.41, 5.74) is -4.04. The second kappa shape index (κ2) is 9.81. The van der Waals surface area contributed by atoms with Gasteiger partial charge in [-0.25, -0.2) is 4.39 Å². The van der Waals surface area contributed by atoms with Crippen LogP contribution in [0, 0.1) is 5.82 Å². The van der Waals surface area contributed by atoms with Crippen molar-refractivity contribution < 1.29 is 30.7 Å². The summed E-state index contributed by atoms with van der Waals surface area (Å²) in [5, 5.41) is 0. The number of aromatic amines is 1. The lowest BCUT2D eigenvalue weighted by molar-refractivity contribution is -0.0429. The Morgan fingerprint density at radius 3 is 2.19 bits per heavy atom. The first kappa shape index (κ1) is 27.0. The number of benzene rings is 2. The molecule has 36 heavy (non-hydrogen) atoms. The van der Waals surface area contributed by atoms with Gasteiger partial charge in [-0.05, 0) is 46.9 Å². The van der Waals surface area contributed by atoms with Gasteiger partial charge >= 0.3 is 15.5 Å². The van der Waals surface area contributed by atoms with Crippen LogP contribution in [-0.2, 0) is 15.4 Å². The number of hydrogen-bond donors (Lipinski definition) is 2. The molecule has 2 aromatic carbocycles. The quantitative estimate of drug-likeness (QED) is 0.310. The van der Waals surface area contributed by atoms with E-state index in [1.54, 1.807) is 24.3 Å². The number of H-pyrrole nitrogens is 1. The van der Waals surface area contributed by atoms with Gasteiger partial charge in [-0.3, -0.25) is 9.52 Å². The third kappa shape index (κ3) is 5.96. The zero-order chi connectivity index (χ0) is 26.9. The van der Waals surface area contributed by atoms with Gasteiger partial charge in [0.15, 0.2) is 0 Å². The fraction of sp³-hybridized carbons (Fsp3) is 0.240. The highest BCUT2D eigenvalue weighted by molar-refractivity contribution is 7.93. The number of ether oxygens (including phenoxy) is 1. The Bertz CT molecular complexity index is 1450. The van der Waals surface area contributed by atoms with Crippen molar-refractivity contribution >= 4 is 27.9 Å². The van der Waals surface area contributed by atoms with Crippen LogP contribution in [0.5, 0.6) is 5.75 Å². The van der Waals surface area contributed by atoms with Crippen molar-refractivity contribution in [2.24, 2.45) is 0 Å². The predicted molar refractivity (Wildman–Crippen MR) is 132 cm³/mol. The van der Waals surface area contributed by atoms with E-state index in [-0.39, 0.29) is 11.3 Å². The van der Waals surface area contributed by atoms with E-state index in [1.807, 2.05) is 20.8 Å². The summed E-state index contributed by atoms with van der Waals surface area (Å²) in [4.78, 5) is 14.7. The molecule has 3 rings (SSSR count). The van der Waals surface area contributed by atoms with E-state index >= 15 is 0 Å². The fourth-order valence-corrected chi connectivity index (χ4v) is 4.01. The summed E-state index contributed by atoms with van der Waals surface area (Å²) < 4.78 is 81.3. The number of methoxy groups -OCH3 is 1. The monoisotopic (exact) mass is 524 g/mol. The molecule has 2 N–H and O–H groups in total. The molecule has 0 radical (unpaired) electrons. The van der Waals surface area contributed by atoms with Crippen molar-refractivity contribution in [3.05, 3.63) is 81.5 Å². The number of alkyl halides is 3. The topological polar surface area (TPSA) is 88.3 Å². The zero-order valence-electron chi connectivity index (χ0n) is 19.8. The number of halogens is 4. The Morgan fingerprint density at radius 2 is 1.64 bits per heavy atom. The van der Waals surface area contributed by atoms with Gasteiger partial charge in [-0.2, -0.15) is 21.6 Å². The molecule has 11 heteroatoms. The van der Waals surface area contributed by atoms with E-state index in [9.17, 15) is 30.8 Å². The third-order valence-electron chi connectivity index (χ3n) is 5.23. The van der Waals surface area contributed by atoms with E-state index in [0.717, 1.165) is 17.8 Å². The standard InChI is InChI=1S/C25H24F4N2O4S/c1-24(2,3)21-12-17(20-13-18(26)14-30-23(20)32)11-16(22(21)35-4)8-5-15-6-9-19(10-7-15)31-36(33,34)25(27,28)29/h5-14,31H,1-4H3,(H,30,32)/b8-5+. The molecule has 0 aliphatic carbocycles. The van der Waals surface area contributed by atoms with Gasteiger partial charge in [-0.1, -0.05) is 45.1 Å². The zero-order valence-corrected chi connectivity index (χ0v) is 20.6. The summed E-state index contributed by atoms with van der Waals surface area (Å²) in [6.07, 6.45) is 4.30. The van der Waals surface area contributed by atoms with Crippen molar-refractivity contribution in [2.75, 3.05) is 11.8 Å². The molecule has 3 aromatic rings. The highest BCUT2D eigenvalue weighted by atomic mass is 32.2. The van der Waals surface area contributed by atoms with Crippen LogP contribution in [0.1, 0.15) is 37.5 Å². The molecular weight excluding hydrogens is 500 g/mol. The van der Waals surface area contributed by atoms with Crippen molar-refractivity contribution in [1.29, 1.82) is 0 Å². The van der Waals surface area contributed by atoms with Gasteiger partial charge in [0.05, 0.1) is 7.11 Å². The van der Waals surface area contributed by atoms with Crippen LogP contribution in [-0.4, -0.2) is 26.0 Å². The molecule has 0 atom stereocenters. The van der Waals surface area contributed by atoms with Gasteiger partial charge in [0, 0.05) is 28.6 Å². The first-order valence-corrected chi connectivity index (χ1v) is 12.1. The Morgan fingerprint density at radius 1 is 1.00 bits per heavy atom. The molecule has 0 saturated carbocycles. The van der Waals surface area contributed by atoms with Gasteiger partial charge in [-0.15, -0.1) is 0 Å². The molecule has 0 aliphatic heterocycles. The van der Waals surface area contributed by atoms with Crippen LogP contribution < -0.4 is 15.0 Å². The second-order valence-electron chi connectivity index (χ2n) is 8.96. The van der Waals surface area contributed by atoms with Crippen LogP contribution in [0.3, 0.4) is 0 Å². The lowest BCUT2D eigenvalue weighted by Gasteiger charge is -2.24. The largest absolute Gasteiger partial charge is 0.516 e. The maximum absolute atomic E-state index is 13.9. The van der Waals surface area contributed by atoms with Crippen LogP contribution in [0.4, 0.5) is 23.2 Å². The molecule has 0 fully saturated rings. The van der Waals surface area contributed by atoms with E-state index in [2.05, 4.69) is 4.98 Å². The minimum Gasteiger partial charge on any atom is -0.496 e. The summed E-state index contributed by atoms with van der Waals surface area (Å²) in [7, 11) is -4.03. The van der Waals surface area contributed by atoms with Crippen molar-refractivity contribution in [1.82, 2.24) is 4.98 Å². The second-order valence-corrected chi connectivity index (χ2v) is 10.6. The Labute approximate surface area is 205 Å². The van der Waals surface area contributed by atoms with E-state index in [1.165, 1.54) is 36.1 Å². The first-order valence-electron chi connectivity index (χ1n) is 10.6. The molecule has 6 nitrogen and oxygen atoms in total. The summed E-state index contributed by atoms with van der Waals surface area (Å²) in [6.45, 7) is 5.87. The van der Waals surface area contributed by atoms with Crippen molar-refractivity contribution in [2.45, 2.75) is 31.7 Å². The molecule has 0 unspecified atom stereocenters. The highest BCUT2D eigenvalue weighted by Gasteiger charge is 2.46.